The van der Waals surface area contributed by atoms with Gasteiger partial charge in [-0.15, -0.1) is 0 Å². The summed E-state index contributed by atoms with van der Waals surface area (Å²) >= 11 is 0. The molecule has 6 aliphatic rings. The number of benzene rings is 8. The molecule has 1 fully saturated rings. The molecule has 0 radical (unpaired) electrons. The van der Waals surface area contributed by atoms with Gasteiger partial charge in [-0.1, -0.05) is 214 Å². The molecule has 3 aliphatic carbocycles. The minimum atomic E-state index is -0.197. The molecule has 8 aromatic rings. The van der Waals surface area contributed by atoms with Crippen molar-refractivity contribution in [3.63, 3.8) is 0 Å². The molecule has 3 aliphatic heterocycles. The number of nitrogens with zero attached hydrogens (tertiary/aromatic N) is 3. The van der Waals surface area contributed by atoms with E-state index in [-0.39, 0.29) is 50.2 Å². The average molecular weight is 1100 g/mol. The highest BCUT2D eigenvalue weighted by Gasteiger charge is 2.59. The first-order valence-corrected chi connectivity index (χ1v) is 32.0. The number of rotatable bonds is 5. The van der Waals surface area contributed by atoms with Crippen molar-refractivity contribution in [1.29, 1.82) is 0 Å². The number of hydrogen-bond donors (Lipinski definition) is 0. The molecule has 0 bridgehead atoms. The Morgan fingerprint density at radius 1 is 0.393 bits per heavy atom. The summed E-state index contributed by atoms with van der Waals surface area (Å²) in [5.74, 6) is 0. The van der Waals surface area contributed by atoms with E-state index < -0.39 is 0 Å². The summed E-state index contributed by atoms with van der Waals surface area (Å²) in [5.41, 5.74) is 30.8. The summed E-state index contributed by atoms with van der Waals surface area (Å²) in [6.07, 6.45) is 8.11. The first-order valence-electron chi connectivity index (χ1n) is 32.0. The van der Waals surface area contributed by atoms with Crippen LogP contribution < -0.4 is 31.1 Å². The third-order valence-corrected chi connectivity index (χ3v) is 22.5. The number of hydrogen-bond acceptors (Lipinski definition) is 3. The molecule has 2 unspecified atom stereocenters. The number of aryl methyl sites for hydroxylation is 1. The summed E-state index contributed by atoms with van der Waals surface area (Å²) in [7, 11) is 0. The third kappa shape index (κ3) is 8.03. The molecule has 3 nitrogen and oxygen atoms in total. The van der Waals surface area contributed by atoms with Crippen LogP contribution in [0.1, 0.15) is 200 Å². The molecule has 0 aromatic heterocycles. The second-order valence-corrected chi connectivity index (χ2v) is 32.0. The first kappa shape index (κ1) is 55.1. The lowest BCUT2D eigenvalue weighted by Gasteiger charge is -2.51. The number of anilines is 8. The van der Waals surface area contributed by atoms with E-state index >= 15 is 0 Å². The summed E-state index contributed by atoms with van der Waals surface area (Å²) in [6.45, 7) is 41.9. The highest BCUT2D eigenvalue weighted by Crippen LogP contribution is 2.63. The minimum Gasteiger partial charge on any atom is -0.334 e. The van der Waals surface area contributed by atoms with Crippen LogP contribution in [0.3, 0.4) is 0 Å². The maximum Gasteiger partial charge on any atom is 0.252 e. The molecule has 4 heteroatoms. The van der Waals surface area contributed by atoms with Gasteiger partial charge in [0.15, 0.2) is 0 Å². The Labute approximate surface area is 505 Å². The Hall–Kier alpha value is -6.78. The van der Waals surface area contributed by atoms with Crippen molar-refractivity contribution >= 4 is 68.6 Å². The Morgan fingerprint density at radius 2 is 0.881 bits per heavy atom. The molecule has 14 rings (SSSR count). The SMILES string of the molecule is Cc1cc(C(C)(C)C)ccc1N1c2cc3c(cc2B2c4cc5c(cc4N(c4ccc(C(C)(C)C)cc4-c4ccccc4)c4cc(N6c7ccc(-c8ccccc8)cc7C7(C)CCCCC67C)cc1c42)C(C)(C)CC5(C)C)C(C)(C)CCC3(C)C. The molecule has 0 saturated heterocycles. The Kier molecular flexibility index (Phi) is 11.9. The van der Waals surface area contributed by atoms with Crippen LogP contribution in [0.2, 0.25) is 0 Å². The summed E-state index contributed by atoms with van der Waals surface area (Å²) in [5, 5.41) is 0. The van der Waals surface area contributed by atoms with Crippen molar-refractivity contribution in [2.75, 3.05) is 14.7 Å². The highest BCUT2D eigenvalue weighted by molar-refractivity contribution is 7.00. The zero-order valence-electron chi connectivity index (χ0n) is 53.8. The quantitative estimate of drug-likeness (QED) is 0.159. The van der Waals surface area contributed by atoms with Gasteiger partial charge in [-0.3, -0.25) is 0 Å². The summed E-state index contributed by atoms with van der Waals surface area (Å²) in [6, 6.07) is 61.0. The van der Waals surface area contributed by atoms with Crippen molar-refractivity contribution in [2.45, 2.75) is 206 Å². The lowest BCUT2D eigenvalue weighted by molar-refractivity contribution is 0.195. The van der Waals surface area contributed by atoms with E-state index in [1.807, 2.05) is 0 Å². The normalized spacial score (nSPS) is 21.9. The van der Waals surface area contributed by atoms with Crippen LogP contribution in [-0.2, 0) is 37.9 Å². The fourth-order valence-corrected chi connectivity index (χ4v) is 17.5. The molecule has 0 spiro atoms. The minimum absolute atomic E-state index is 0.000619. The van der Waals surface area contributed by atoms with Crippen LogP contribution in [0.25, 0.3) is 22.3 Å². The zero-order chi connectivity index (χ0) is 59.2. The molecule has 428 valence electrons. The summed E-state index contributed by atoms with van der Waals surface area (Å²) in [4.78, 5) is 8.43. The van der Waals surface area contributed by atoms with Gasteiger partial charge >= 0.3 is 0 Å². The van der Waals surface area contributed by atoms with E-state index in [0.29, 0.717) is 0 Å². The van der Waals surface area contributed by atoms with E-state index in [1.54, 1.807) is 0 Å². The molecule has 2 atom stereocenters. The molecule has 8 aromatic carbocycles. The maximum atomic E-state index is 2.87. The van der Waals surface area contributed by atoms with E-state index in [0.717, 1.165) is 32.1 Å². The van der Waals surface area contributed by atoms with Crippen LogP contribution in [0, 0.1) is 6.92 Å². The van der Waals surface area contributed by atoms with Crippen LogP contribution in [0.15, 0.2) is 152 Å². The maximum absolute atomic E-state index is 2.87. The Morgan fingerprint density at radius 3 is 1.45 bits per heavy atom. The van der Waals surface area contributed by atoms with E-state index in [4.69, 9.17) is 0 Å². The second kappa shape index (κ2) is 18.1. The molecule has 1 saturated carbocycles. The van der Waals surface area contributed by atoms with Gasteiger partial charge in [0.1, 0.15) is 0 Å². The average Bonchev–Trinajstić information content (AvgIpc) is 1.16. The third-order valence-electron chi connectivity index (χ3n) is 22.5. The predicted molar refractivity (Wildman–Crippen MR) is 362 cm³/mol. The van der Waals surface area contributed by atoms with E-state index in [2.05, 4.69) is 284 Å². The van der Waals surface area contributed by atoms with Gasteiger partial charge in [0.25, 0.3) is 6.71 Å². The zero-order valence-corrected chi connectivity index (χ0v) is 53.8. The lowest BCUT2D eigenvalue weighted by atomic mass is 9.33. The van der Waals surface area contributed by atoms with Crippen molar-refractivity contribution in [2.24, 2.45) is 0 Å². The Balaban J connectivity index is 1.16. The first-order chi connectivity index (χ1) is 39.5. The topological polar surface area (TPSA) is 9.72 Å². The number of fused-ring (bicyclic) bond motifs is 9. The fourth-order valence-electron chi connectivity index (χ4n) is 17.5. The van der Waals surface area contributed by atoms with E-state index in [1.165, 1.54) is 141 Å². The van der Waals surface area contributed by atoms with Gasteiger partial charge in [-0.05, 0) is 211 Å². The molecule has 3 heterocycles. The fraction of sp³-hybridized carbons (Fsp3) is 0.400. The van der Waals surface area contributed by atoms with Gasteiger partial charge in [-0.25, -0.2) is 0 Å². The lowest BCUT2D eigenvalue weighted by Crippen LogP contribution is -2.62. The standard InChI is InChI=1S/C80H90BN3/c1-50-40-54(73(2,3)4)31-34-65(50)82-68-47-60-58(75(8,9)38-39-76(60,10)11)45-63(68)81-64-46-59-61(78(14,15)49-77(59,12)13)48-69(64)83(66-35-32-55(74(5,6)7)42-57(66)52-28-22-19-23-29-52)71-44-56(43-70(82)72(71)81)84-67-33-30-53(51-26-20-18-21-27-51)41-62(67)79(16)36-24-25-37-80(79,84)17/h18-23,26-35,40-48H,24-25,36-39,49H2,1-17H3. The molecular weight excluding hydrogens is 1010 g/mol. The van der Waals surface area contributed by atoms with Gasteiger partial charge in [0, 0.05) is 50.8 Å². The van der Waals surface area contributed by atoms with Crippen molar-refractivity contribution in [3.8, 4) is 22.3 Å². The largest absolute Gasteiger partial charge is 0.334 e. The highest BCUT2D eigenvalue weighted by atomic mass is 15.3. The molecule has 84 heavy (non-hydrogen) atoms. The van der Waals surface area contributed by atoms with Crippen molar-refractivity contribution < 1.29 is 0 Å². The molecule has 0 amide bonds. The van der Waals surface area contributed by atoms with Crippen LogP contribution in [0.5, 0.6) is 0 Å². The van der Waals surface area contributed by atoms with Crippen molar-refractivity contribution in [3.05, 3.63) is 196 Å². The Bertz CT molecular complexity index is 4030. The van der Waals surface area contributed by atoms with Gasteiger partial charge in [0.2, 0.25) is 0 Å². The van der Waals surface area contributed by atoms with Gasteiger partial charge in [0.05, 0.1) is 11.2 Å². The summed E-state index contributed by atoms with van der Waals surface area (Å²) < 4.78 is 0. The molecular formula is C80H90BN3. The van der Waals surface area contributed by atoms with Gasteiger partial charge in [-0.2, -0.15) is 0 Å². The second-order valence-electron chi connectivity index (χ2n) is 32.0. The molecule has 0 N–H and O–H groups in total. The van der Waals surface area contributed by atoms with Crippen LogP contribution >= 0.6 is 0 Å². The van der Waals surface area contributed by atoms with Crippen molar-refractivity contribution in [1.82, 2.24) is 0 Å². The van der Waals surface area contributed by atoms with Gasteiger partial charge < -0.3 is 14.7 Å². The van der Waals surface area contributed by atoms with Crippen LogP contribution in [-0.4, -0.2) is 12.3 Å². The predicted octanol–water partition coefficient (Wildman–Crippen LogP) is 20.1. The smallest absolute Gasteiger partial charge is 0.252 e. The van der Waals surface area contributed by atoms with E-state index in [9.17, 15) is 0 Å². The van der Waals surface area contributed by atoms with Crippen LogP contribution in [0.4, 0.5) is 45.5 Å². The monoisotopic (exact) mass is 1100 g/mol.